The summed E-state index contributed by atoms with van der Waals surface area (Å²) in [6.45, 7) is 0. The van der Waals surface area contributed by atoms with E-state index < -0.39 is 0 Å². The first kappa shape index (κ1) is 21.5. The van der Waals surface area contributed by atoms with Crippen molar-refractivity contribution in [3.63, 3.8) is 0 Å². The van der Waals surface area contributed by atoms with Crippen LogP contribution in [0.25, 0.3) is 77.0 Å². The lowest BCUT2D eigenvalue weighted by atomic mass is 10.0. The maximum Gasteiger partial charge on any atom is 0.146 e. The molecule has 4 aromatic heterocycles. The van der Waals surface area contributed by atoms with Gasteiger partial charge in [0.15, 0.2) is 0 Å². The Hall–Kier alpha value is -5.48. The summed E-state index contributed by atoms with van der Waals surface area (Å²) in [6, 6.07) is 43.1. The van der Waals surface area contributed by atoms with Crippen LogP contribution in [0.2, 0.25) is 0 Å². The summed E-state index contributed by atoms with van der Waals surface area (Å²) in [5.74, 6) is 0. The van der Waals surface area contributed by atoms with Crippen molar-refractivity contribution < 1.29 is 0 Å². The van der Waals surface area contributed by atoms with Gasteiger partial charge in [-0.1, -0.05) is 84.9 Å². The second kappa shape index (κ2) is 8.01. The van der Waals surface area contributed by atoms with Crippen LogP contribution < -0.4 is 0 Å². The molecular formula is C36H22N4. The van der Waals surface area contributed by atoms with Crippen LogP contribution in [-0.4, -0.2) is 18.9 Å². The smallest absolute Gasteiger partial charge is 0.146 e. The van der Waals surface area contributed by atoms with Crippen molar-refractivity contribution in [3.8, 4) is 16.8 Å². The van der Waals surface area contributed by atoms with E-state index in [0.29, 0.717) is 0 Å². The molecule has 0 amide bonds. The van der Waals surface area contributed by atoms with Gasteiger partial charge in [-0.25, -0.2) is 4.98 Å². The first-order valence-electron chi connectivity index (χ1n) is 13.5. The molecule has 0 aliphatic heterocycles. The van der Waals surface area contributed by atoms with E-state index in [1.54, 1.807) is 0 Å². The molecule has 0 atom stereocenters. The number of hydrogen-bond donors (Lipinski definition) is 0. The molecule has 0 unspecified atom stereocenters. The first-order chi connectivity index (χ1) is 19.8. The van der Waals surface area contributed by atoms with E-state index in [-0.39, 0.29) is 0 Å². The monoisotopic (exact) mass is 510 g/mol. The van der Waals surface area contributed by atoms with Gasteiger partial charge in [0.1, 0.15) is 5.65 Å². The minimum atomic E-state index is 0.985. The van der Waals surface area contributed by atoms with Gasteiger partial charge >= 0.3 is 0 Å². The predicted octanol–water partition coefficient (Wildman–Crippen LogP) is 8.95. The Morgan fingerprint density at radius 3 is 2.02 bits per heavy atom. The van der Waals surface area contributed by atoms with Crippen LogP contribution >= 0.6 is 0 Å². The van der Waals surface area contributed by atoms with Crippen LogP contribution in [0.1, 0.15) is 0 Å². The van der Waals surface area contributed by atoms with Gasteiger partial charge in [0, 0.05) is 33.3 Å². The highest BCUT2D eigenvalue weighted by Gasteiger charge is 2.18. The molecule has 9 aromatic rings. The third-order valence-electron chi connectivity index (χ3n) is 8.14. The van der Waals surface area contributed by atoms with Crippen LogP contribution in [0.15, 0.2) is 134 Å². The lowest BCUT2D eigenvalue weighted by Crippen LogP contribution is -1.97. The minimum Gasteiger partial charge on any atom is -0.308 e. The number of imidazole rings is 1. The quantitative estimate of drug-likeness (QED) is 0.218. The highest BCUT2D eigenvalue weighted by atomic mass is 15.0. The third-order valence-corrected chi connectivity index (χ3v) is 8.14. The molecule has 0 saturated carbocycles. The number of aromatic nitrogens is 4. The Labute approximate surface area is 229 Å². The summed E-state index contributed by atoms with van der Waals surface area (Å²) in [5, 5.41) is 6.05. The van der Waals surface area contributed by atoms with E-state index in [4.69, 9.17) is 4.98 Å². The van der Waals surface area contributed by atoms with E-state index in [1.807, 2.05) is 18.5 Å². The van der Waals surface area contributed by atoms with E-state index in [9.17, 15) is 0 Å². The van der Waals surface area contributed by atoms with Crippen molar-refractivity contribution in [1.29, 1.82) is 0 Å². The lowest BCUT2D eigenvalue weighted by Gasteiger charge is -2.12. The average molecular weight is 511 g/mol. The Kier molecular flexibility index (Phi) is 4.30. The summed E-state index contributed by atoms with van der Waals surface area (Å²) in [7, 11) is 0. The van der Waals surface area contributed by atoms with Crippen molar-refractivity contribution in [1.82, 2.24) is 18.9 Å². The van der Waals surface area contributed by atoms with Crippen LogP contribution in [0.4, 0.5) is 0 Å². The number of pyridine rings is 2. The molecule has 0 radical (unpaired) electrons. The Morgan fingerprint density at radius 1 is 0.450 bits per heavy atom. The molecule has 4 heterocycles. The Balaban J connectivity index is 1.47. The zero-order valence-electron chi connectivity index (χ0n) is 21.5. The molecule has 9 rings (SSSR count). The highest BCUT2D eigenvalue weighted by Crippen LogP contribution is 2.39. The fraction of sp³-hybridized carbons (Fsp3) is 0. The summed E-state index contributed by atoms with van der Waals surface area (Å²) in [6.07, 6.45) is 3.90. The minimum absolute atomic E-state index is 0.985. The number of nitrogens with zero attached hydrogens (tertiary/aromatic N) is 4. The Morgan fingerprint density at radius 2 is 1.15 bits per heavy atom. The molecule has 0 fully saturated rings. The molecule has 0 N–H and O–H groups in total. The molecule has 0 saturated heterocycles. The predicted molar refractivity (Wildman–Crippen MR) is 165 cm³/mol. The van der Waals surface area contributed by atoms with Crippen LogP contribution in [0, 0.1) is 0 Å². The van der Waals surface area contributed by atoms with Crippen LogP contribution in [0.3, 0.4) is 0 Å². The maximum absolute atomic E-state index is 5.09. The van der Waals surface area contributed by atoms with Gasteiger partial charge in [0.05, 0.1) is 39.5 Å². The number of para-hydroxylation sites is 3. The third kappa shape index (κ3) is 2.90. The number of benzene rings is 5. The van der Waals surface area contributed by atoms with Gasteiger partial charge in [0.2, 0.25) is 0 Å². The van der Waals surface area contributed by atoms with E-state index >= 15 is 0 Å². The summed E-state index contributed by atoms with van der Waals surface area (Å²) < 4.78 is 4.68. The fourth-order valence-corrected chi connectivity index (χ4v) is 6.39. The van der Waals surface area contributed by atoms with E-state index in [1.165, 1.54) is 21.5 Å². The van der Waals surface area contributed by atoms with Gasteiger partial charge in [-0.05, 0) is 47.3 Å². The van der Waals surface area contributed by atoms with Gasteiger partial charge in [-0.3, -0.25) is 9.38 Å². The van der Waals surface area contributed by atoms with Crippen molar-refractivity contribution in [3.05, 3.63) is 134 Å². The molecule has 0 bridgehead atoms. The highest BCUT2D eigenvalue weighted by molar-refractivity contribution is 6.20. The second-order valence-corrected chi connectivity index (χ2v) is 10.3. The number of fused-ring (bicyclic) bond motifs is 11. The average Bonchev–Trinajstić information content (AvgIpc) is 3.57. The normalized spacial score (nSPS) is 12.0. The molecule has 0 aliphatic carbocycles. The SMILES string of the molecule is c1ccc(-c2cncc(-n3c4ccccc4c4cc5c6ccccc6c6nc7ccccc7n6c5cc43)c2)cc1. The molecular weight excluding hydrogens is 488 g/mol. The molecule has 40 heavy (non-hydrogen) atoms. The molecule has 0 spiro atoms. The Bertz CT molecular complexity index is 2430. The number of hydrogen-bond acceptors (Lipinski definition) is 2. The zero-order chi connectivity index (χ0) is 26.2. The lowest BCUT2D eigenvalue weighted by molar-refractivity contribution is 1.14. The molecule has 0 aliphatic rings. The number of rotatable bonds is 2. The molecule has 5 aromatic carbocycles. The fourth-order valence-electron chi connectivity index (χ4n) is 6.39. The molecule has 4 nitrogen and oxygen atoms in total. The van der Waals surface area contributed by atoms with Gasteiger partial charge < -0.3 is 4.57 Å². The van der Waals surface area contributed by atoms with Crippen LogP contribution in [0.5, 0.6) is 0 Å². The van der Waals surface area contributed by atoms with Crippen LogP contribution in [-0.2, 0) is 0 Å². The summed E-state index contributed by atoms with van der Waals surface area (Å²) >= 11 is 0. The van der Waals surface area contributed by atoms with Crippen molar-refractivity contribution in [2.45, 2.75) is 0 Å². The standard InChI is InChI=1S/C36H22N4/c1-2-10-23(11-3-1)24-18-25(22-37-21-24)39-32-16-8-6-13-27(32)30-19-29-26-12-4-5-14-28(26)36-38-31-15-7-9-17-33(31)40(36)35(29)20-34(30)39/h1-22H. The second-order valence-electron chi connectivity index (χ2n) is 10.3. The topological polar surface area (TPSA) is 35.1 Å². The van der Waals surface area contributed by atoms with E-state index in [0.717, 1.165) is 55.4 Å². The van der Waals surface area contributed by atoms with Crippen molar-refractivity contribution in [2.75, 3.05) is 0 Å². The van der Waals surface area contributed by atoms with Gasteiger partial charge in [-0.2, -0.15) is 0 Å². The van der Waals surface area contributed by atoms with E-state index in [2.05, 4.69) is 129 Å². The summed E-state index contributed by atoms with van der Waals surface area (Å²) in [5.41, 5.74) is 9.85. The van der Waals surface area contributed by atoms with Crippen molar-refractivity contribution in [2.24, 2.45) is 0 Å². The van der Waals surface area contributed by atoms with Gasteiger partial charge in [-0.15, -0.1) is 0 Å². The summed E-state index contributed by atoms with van der Waals surface area (Å²) in [4.78, 5) is 9.77. The largest absolute Gasteiger partial charge is 0.308 e. The van der Waals surface area contributed by atoms with Crippen molar-refractivity contribution >= 4 is 60.2 Å². The maximum atomic E-state index is 5.09. The molecule has 4 heteroatoms. The zero-order valence-corrected chi connectivity index (χ0v) is 21.5. The van der Waals surface area contributed by atoms with Gasteiger partial charge in [0.25, 0.3) is 0 Å². The molecule has 186 valence electrons. The first-order valence-corrected chi connectivity index (χ1v) is 13.5.